The van der Waals surface area contributed by atoms with E-state index in [2.05, 4.69) is 10.3 Å². The predicted molar refractivity (Wildman–Crippen MR) is 106 cm³/mol. The van der Waals surface area contributed by atoms with Gasteiger partial charge in [-0.1, -0.05) is 30.3 Å². The number of nitrogens with zero attached hydrogens (tertiary/aromatic N) is 1. The summed E-state index contributed by atoms with van der Waals surface area (Å²) in [6, 6.07) is 16.7. The molecule has 28 heavy (non-hydrogen) atoms. The molecule has 3 aromatic rings. The van der Waals surface area contributed by atoms with Crippen molar-refractivity contribution in [3.05, 3.63) is 65.7 Å². The molecule has 1 atom stereocenters. The number of amides is 1. The summed E-state index contributed by atoms with van der Waals surface area (Å²) >= 11 is 0. The molecular weight excluding hydrogens is 356 g/mol. The molecule has 1 aromatic heterocycles. The number of para-hydroxylation sites is 3. The highest BCUT2D eigenvalue weighted by Crippen LogP contribution is 2.26. The lowest BCUT2D eigenvalue weighted by molar-refractivity contribution is 0.0854. The minimum atomic E-state index is -0.237. The SMILES string of the molecule is COc1ccccc1N=c1oc2ccccc2cc1C(=O)NCC1CCCO1. The fourth-order valence-corrected chi connectivity index (χ4v) is 3.25. The molecule has 0 saturated carbocycles. The zero-order valence-electron chi connectivity index (χ0n) is 15.7. The Labute approximate surface area is 162 Å². The van der Waals surface area contributed by atoms with Gasteiger partial charge in [-0.25, -0.2) is 4.99 Å². The Hall–Kier alpha value is -3.12. The number of rotatable bonds is 5. The van der Waals surface area contributed by atoms with Gasteiger partial charge in [0.15, 0.2) is 0 Å². The zero-order valence-corrected chi connectivity index (χ0v) is 15.7. The fourth-order valence-electron chi connectivity index (χ4n) is 3.25. The minimum absolute atomic E-state index is 0.0657. The number of benzene rings is 2. The Morgan fingerprint density at radius 3 is 2.86 bits per heavy atom. The second kappa shape index (κ2) is 8.27. The van der Waals surface area contributed by atoms with Crippen LogP contribution in [0.5, 0.6) is 5.75 Å². The predicted octanol–water partition coefficient (Wildman–Crippen LogP) is 3.58. The number of nitrogens with one attached hydrogen (secondary N) is 1. The molecule has 1 saturated heterocycles. The topological polar surface area (TPSA) is 73.1 Å². The van der Waals surface area contributed by atoms with Crippen LogP contribution in [-0.2, 0) is 4.74 Å². The maximum absolute atomic E-state index is 12.9. The number of carbonyl (C=O) groups is 1. The van der Waals surface area contributed by atoms with Gasteiger partial charge in [0.05, 0.1) is 13.2 Å². The number of hydrogen-bond donors (Lipinski definition) is 1. The Balaban J connectivity index is 1.76. The largest absolute Gasteiger partial charge is 0.494 e. The molecule has 0 radical (unpaired) electrons. The lowest BCUT2D eigenvalue weighted by Crippen LogP contribution is -2.34. The number of fused-ring (bicyclic) bond motifs is 1. The Bertz CT molecular complexity index is 1050. The lowest BCUT2D eigenvalue weighted by Gasteiger charge is -2.11. The molecule has 1 aliphatic heterocycles. The minimum Gasteiger partial charge on any atom is -0.494 e. The second-order valence-corrected chi connectivity index (χ2v) is 6.63. The van der Waals surface area contributed by atoms with Crippen LogP contribution < -0.4 is 15.6 Å². The molecule has 0 aliphatic carbocycles. The fraction of sp³-hybridized carbons (Fsp3) is 0.273. The highest BCUT2D eigenvalue weighted by molar-refractivity contribution is 5.96. The van der Waals surface area contributed by atoms with Crippen LogP contribution in [0.3, 0.4) is 0 Å². The van der Waals surface area contributed by atoms with Gasteiger partial charge in [0.1, 0.15) is 22.6 Å². The van der Waals surface area contributed by atoms with Crippen molar-refractivity contribution in [2.45, 2.75) is 18.9 Å². The maximum atomic E-state index is 12.9. The van der Waals surface area contributed by atoms with Gasteiger partial charge in [0.25, 0.3) is 5.91 Å². The third-order valence-electron chi connectivity index (χ3n) is 4.72. The first-order valence-corrected chi connectivity index (χ1v) is 9.35. The third kappa shape index (κ3) is 3.92. The van der Waals surface area contributed by atoms with E-state index in [9.17, 15) is 4.79 Å². The van der Waals surface area contributed by atoms with Crippen molar-refractivity contribution in [3.8, 4) is 5.75 Å². The van der Waals surface area contributed by atoms with Gasteiger partial charge in [0, 0.05) is 18.5 Å². The molecular formula is C22H22N2O4. The van der Waals surface area contributed by atoms with E-state index < -0.39 is 0 Å². The van der Waals surface area contributed by atoms with E-state index in [-0.39, 0.29) is 17.6 Å². The van der Waals surface area contributed by atoms with Crippen LogP contribution in [0.25, 0.3) is 11.0 Å². The van der Waals surface area contributed by atoms with Crippen molar-refractivity contribution >= 4 is 22.6 Å². The summed E-state index contributed by atoms with van der Waals surface area (Å²) in [5.41, 5.74) is 1.87. The highest BCUT2D eigenvalue weighted by atomic mass is 16.5. The quantitative estimate of drug-likeness (QED) is 0.736. The number of carbonyl (C=O) groups excluding carboxylic acids is 1. The molecule has 2 heterocycles. The molecule has 1 unspecified atom stereocenters. The van der Waals surface area contributed by atoms with Crippen LogP contribution in [0.15, 0.2) is 64.0 Å². The molecule has 2 aromatic carbocycles. The summed E-state index contributed by atoms with van der Waals surface area (Å²) in [6.07, 6.45) is 2.05. The van der Waals surface area contributed by atoms with Crippen molar-refractivity contribution in [2.75, 3.05) is 20.3 Å². The van der Waals surface area contributed by atoms with Crippen LogP contribution in [0.1, 0.15) is 23.2 Å². The normalized spacial score (nSPS) is 17.0. The Morgan fingerprint density at radius 2 is 2.04 bits per heavy atom. The zero-order chi connectivity index (χ0) is 19.3. The second-order valence-electron chi connectivity index (χ2n) is 6.63. The van der Waals surface area contributed by atoms with Gasteiger partial charge in [-0.15, -0.1) is 0 Å². The van der Waals surface area contributed by atoms with Crippen molar-refractivity contribution in [1.29, 1.82) is 0 Å². The lowest BCUT2D eigenvalue weighted by atomic mass is 10.1. The molecule has 6 nitrogen and oxygen atoms in total. The first-order valence-electron chi connectivity index (χ1n) is 9.35. The van der Waals surface area contributed by atoms with E-state index in [1.807, 2.05) is 48.5 Å². The summed E-state index contributed by atoms with van der Waals surface area (Å²) in [7, 11) is 1.58. The summed E-state index contributed by atoms with van der Waals surface area (Å²) in [4.78, 5) is 17.5. The van der Waals surface area contributed by atoms with Crippen LogP contribution in [0, 0.1) is 0 Å². The molecule has 144 valence electrons. The molecule has 6 heteroatoms. The number of methoxy groups -OCH3 is 1. The maximum Gasteiger partial charge on any atom is 0.256 e. The molecule has 0 bridgehead atoms. The van der Waals surface area contributed by atoms with Crippen molar-refractivity contribution in [2.24, 2.45) is 4.99 Å². The summed E-state index contributed by atoms with van der Waals surface area (Å²) in [5.74, 6) is 0.371. The van der Waals surface area contributed by atoms with Crippen molar-refractivity contribution in [1.82, 2.24) is 5.32 Å². The summed E-state index contributed by atoms with van der Waals surface area (Å²) in [5, 5.41) is 3.78. The first kappa shape index (κ1) is 18.3. The van der Waals surface area contributed by atoms with Crippen LogP contribution in [-0.4, -0.2) is 32.3 Å². The number of hydrogen-bond acceptors (Lipinski definition) is 5. The average Bonchev–Trinajstić information content (AvgIpc) is 3.25. The van der Waals surface area contributed by atoms with Gasteiger partial charge in [-0.3, -0.25) is 4.79 Å². The molecule has 1 aliphatic rings. The third-order valence-corrected chi connectivity index (χ3v) is 4.72. The van der Waals surface area contributed by atoms with E-state index in [0.29, 0.717) is 29.1 Å². The van der Waals surface area contributed by atoms with E-state index >= 15 is 0 Å². The van der Waals surface area contributed by atoms with E-state index in [4.69, 9.17) is 13.9 Å². The molecule has 1 fully saturated rings. The van der Waals surface area contributed by atoms with Gasteiger partial charge in [-0.2, -0.15) is 0 Å². The molecule has 1 N–H and O–H groups in total. The van der Waals surface area contributed by atoms with Gasteiger partial charge >= 0.3 is 0 Å². The monoisotopic (exact) mass is 378 g/mol. The highest BCUT2D eigenvalue weighted by Gasteiger charge is 2.18. The van der Waals surface area contributed by atoms with Gasteiger partial charge in [0.2, 0.25) is 5.55 Å². The molecule has 1 amide bonds. The van der Waals surface area contributed by atoms with Crippen LogP contribution in [0.4, 0.5) is 5.69 Å². The van der Waals surface area contributed by atoms with Gasteiger partial charge in [-0.05, 0) is 37.1 Å². The van der Waals surface area contributed by atoms with Gasteiger partial charge < -0.3 is 19.2 Å². The Morgan fingerprint density at radius 1 is 1.21 bits per heavy atom. The number of ether oxygens (including phenoxy) is 2. The van der Waals surface area contributed by atoms with E-state index in [0.717, 1.165) is 24.8 Å². The summed E-state index contributed by atoms with van der Waals surface area (Å²) < 4.78 is 16.9. The first-order chi connectivity index (χ1) is 13.7. The molecule has 0 spiro atoms. The van der Waals surface area contributed by atoms with Crippen molar-refractivity contribution < 1.29 is 18.7 Å². The smallest absolute Gasteiger partial charge is 0.256 e. The Kier molecular flexibility index (Phi) is 5.39. The van der Waals surface area contributed by atoms with E-state index in [1.165, 1.54) is 0 Å². The average molecular weight is 378 g/mol. The van der Waals surface area contributed by atoms with Crippen LogP contribution >= 0.6 is 0 Å². The molecule has 4 rings (SSSR count). The van der Waals surface area contributed by atoms with Crippen molar-refractivity contribution in [3.63, 3.8) is 0 Å². The standard InChI is InChI=1S/C22H22N2O4/c1-26-20-11-5-3-9-18(20)24-22-17(13-15-7-2-4-10-19(15)28-22)21(25)23-14-16-8-6-12-27-16/h2-5,7,9-11,13,16H,6,8,12,14H2,1H3,(H,23,25). The van der Waals surface area contributed by atoms with E-state index in [1.54, 1.807) is 13.2 Å². The van der Waals surface area contributed by atoms with Crippen LogP contribution in [0.2, 0.25) is 0 Å². The summed E-state index contributed by atoms with van der Waals surface area (Å²) in [6.45, 7) is 1.22.